The molecule has 2 saturated heterocycles. The molecule has 0 bridgehead atoms. The first-order chi connectivity index (χ1) is 22.0. The number of hydrogen-bond acceptors (Lipinski definition) is 6. The highest BCUT2D eigenvalue weighted by molar-refractivity contribution is 5.99. The summed E-state index contributed by atoms with van der Waals surface area (Å²) in [6.45, 7) is 5.21. The summed E-state index contributed by atoms with van der Waals surface area (Å²) in [6.07, 6.45) is 5.68. The number of amides is 4. The first-order valence-electron chi connectivity index (χ1n) is 16.3. The molecule has 0 radical (unpaired) electrons. The van der Waals surface area contributed by atoms with Crippen LogP contribution in [0.4, 0.5) is 0 Å². The topological polar surface area (TPSA) is 145 Å². The quantitative estimate of drug-likeness (QED) is 0.222. The highest BCUT2D eigenvalue weighted by Crippen LogP contribution is 2.24. The minimum atomic E-state index is -1.32. The third-order valence-corrected chi connectivity index (χ3v) is 8.99. The Morgan fingerprint density at radius 1 is 0.978 bits per heavy atom. The van der Waals surface area contributed by atoms with Gasteiger partial charge in [-0.3, -0.25) is 24.0 Å². The first-order valence-corrected chi connectivity index (χ1v) is 16.3. The van der Waals surface area contributed by atoms with Crippen LogP contribution < -0.4 is 16.0 Å². The molecule has 2 fully saturated rings. The van der Waals surface area contributed by atoms with Crippen molar-refractivity contribution in [3.8, 4) is 11.1 Å². The fourth-order valence-electron chi connectivity index (χ4n) is 5.87. The van der Waals surface area contributed by atoms with E-state index in [-0.39, 0.29) is 30.4 Å². The smallest absolute Gasteiger partial charge is 0.246 e. The average molecular weight is 631 g/mol. The zero-order valence-electron chi connectivity index (χ0n) is 27.0. The Kier molecular flexibility index (Phi) is 11.9. The summed E-state index contributed by atoms with van der Waals surface area (Å²) >= 11 is 0. The van der Waals surface area contributed by atoms with Gasteiger partial charge in [-0.15, -0.1) is 0 Å². The molecule has 246 valence electrons. The normalized spacial score (nSPS) is 24.8. The summed E-state index contributed by atoms with van der Waals surface area (Å²) in [5, 5.41) is 18.0. The Morgan fingerprint density at radius 3 is 2.35 bits per heavy atom. The van der Waals surface area contributed by atoms with E-state index in [1.54, 1.807) is 24.8 Å². The molecule has 0 aromatic heterocycles. The van der Waals surface area contributed by atoms with Crippen molar-refractivity contribution < 1.29 is 29.1 Å². The Hall–Kier alpha value is -4.31. The van der Waals surface area contributed by atoms with Crippen LogP contribution in [-0.4, -0.2) is 75.7 Å². The summed E-state index contributed by atoms with van der Waals surface area (Å²) in [5.74, 6) is -2.00. The zero-order valence-corrected chi connectivity index (χ0v) is 27.0. The van der Waals surface area contributed by atoms with Crippen LogP contribution in [-0.2, 0) is 30.4 Å². The van der Waals surface area contributed by atoms with Crippen LogP contribution >= 0.6 is 0 Å². The van der Waals surface area contributed by atoms with Gasteiger partial charge in [0.15, 0.2) is 5.78 Å². The largest absolute Gasteiger partial charge is 0.385 e. The van der Waals surface area contributed by atoms with E-state index in [0.29, 0.717) is 45.1 Å². The number of nitrogens with zero attached hydrogens (tertiary/aromatic N) is 1. The van der Waals surface area contributed by atoms with E-state index < -0.39 is 41.6 Å². The number of ketones is 1. The highest BCUT2D eigenvalue weighted by Gasteiger charge is 2.43. The van der Waals surface area contributed by atoms with Crippen LogP contribution in [0.25, 0.3) is 11.1 Å². The monoisotopic (exact) mass is 630 g/mol. The van der Waals surface area contributed by atoms with Crippen molar-refractivity contribution in [1.29, 1.82) is 0 Å². The first kappa shape index (κ1) is 34.6. The Labute approximate surface area is 271 Å². The fraction of sp³-hybridized carbons (Fsp3) is 0.472. The second-order valence-corrected chi connectivity index (χ2v) is 12.5. The number of aliphatic hydroxyl groups excluding tert-OH is 1. The molecule has 10 nitrogen and oxygen atoms in total. The number of unbranched alkanes of at least 4 members (excludes halogenated alkanes) is 2. The summed E-state index contributed by atoms with van der Waals surface area (Å²) in [5.41, 5.74) is 1.65. The Balaban J connectivity index is 1.52. The number of benzene rings is 2. The molecule has 4 amide bonds. The molecule has 2 aromatic rings. The second kappa shape index (κ2) is 15.8. The van der Waals surface area contributed by atoms with E-state index >= 15 is 0 Å². The van der Waals surface area contributed by atoms with Gasteiger partial charge in [-0.25, -0.2) is 0 Å². The lowest BCUT2D eigenvalue weighted by Crippen LogP contribution is -2.65. The summed E-state index contributed by atoms with van der Waals surface area (Å²) in [4.78, 5) is 68.1. The van der Waals surface area contributed by atoms with Gasteiger partial charge in [-0.2, -0.15) is 0 Å². The molecule has 2 aromatic carbocycles. The van der Waals surface area contributed by atoms with E-state index in [1.807, 2.05) is 54.6 Å². The molecular formula is C36H46N4O6. The second-order valence-electron chi connectivity index (χ2n) is 12.5. The number of aliphatic hydroxyl groups is 1. The van der Waals surface area contributed by atoms with Crippen LogP contribution in [0.3, 0.4) is 0 Å². The summed E-state index contributed by atoms with van der Waals surface area (Å²) < 4.78 is 0. The highest BCUT2D eigenvalue weighted by atomic mass is 16.3. The zero-order chi connectivity index (χ0) is 33.3. The maximum atomic E-state index is 14.0. The molecule has 0 saturated carbocycles. The number of rotatable bonds is 11. The van der Waals surface area contributed by atoms with Crippen molar-refractivity contribution in [1.82, 2.24) is 20.9 Å². The van der Waals surface area contributed by atoms with E-state index in [1.165, 1.54) is 13.0 Å². The third-order valence-electron chi connectivity index (χ3n) is 8.99. The molecular weight excluding hydrogens is 584 g/mol. The summed E-state index contributed by atoms with van der Waals surface area (Å²) in [7, 11) is 0. The van der Waals surface area contributed by atoms with Gasteiger partial charge in [0.1, 0.15) is 29.8 Å². The SMILES string of the molecule is CC[C@]1(C)NC(=O)[C@H](CCCC/C=C/C(=O)[C@@H](C)O)NC(=O)[C@H]2CCCN2C(=O)[C@H](Cc2ccc(-c3ccccc3)cc2)NC1=O. The minimum Gasteiger partial charge on any atom is -0.385 e. The van der Waals surface area contributed by atoms with Gasteiger partial charge in [0.05, 0.1) is 0 Å². The van der Waals surface area contributed by atoms with Crippen molar-refractivity contribution in [2.24, 2.45) is 0 Å². The predicted molar refractivity (Wildman–Crippen MR) is 175 cm³/mol. The van der Waals surface area contributed by atoms with E-state index in [0.717, 1.165) is 16.7 Å². The molecule has 4 N–H and O–H groups in total. The molecule has 2 heterocycles. The van der Waals surface area contributed by atoms with Crippen LogP contribution in [0.5, 0.6) is 0 Å². The fourth-order valence-corrected chi connectivity index (χ4v) is 5.87. The molecule has 0 unspecified atom stereocenters. The van der Waals surface area contributed by atoms with Gasteiger partial charge in [0.2, 0.25) is 23.6 Å². The van der Waals surface area contributed by atoms with Crippen molar-refractivity contribution in [2.45, 2.75) is 102 Å². The van der Waals surface area contributed by atoms with Gasteiger partial charge < -0.3 is 26.0 Å². The number of carbonyl (C=O) groups is 5. The molecule has 2 aliphatic heterocycles. The van der Waals surface area contributed by atoms with Gasteiger partial charge in [-0.05, 0) is 75.1 Å². The van der Waals surface area contributed by atoms with E-state index in [9.17, 15) is 29.1 Å². The Bertz CT molecular complexity index is 1420. The lowest BCUT2D eigenvalue weighted by Gasteiger charge is -2.36. The maximum Gasteiger partial charge on any atom is 0.246 e. The predicted octanol–water partition coefficient (Wildman–Crippen LogP) is 3.22. The number of fused-ring (bicyclic) bond motifs is 1. The molecule has 2 aliphatic rings. The number of carbonyl (C=O) groups excluding carboxylic acids is 5. The van der Waals surface area contributed by atoms with Crippen molar-refractivity contribution in [3.05, 3.63) is 72.3 Å². The van der Waals surface area contributed by atoms with Gasteiger partial charge in [0.25, 0.3) is 0 Å². The third kappa shape index (κ3) is 8.69. The van der Waals surface area contributed by atoms with Gasteiger partial charge in [0, 0.05) is 13.0 Å². The lowest BCUT2D eigenvalue weighted by atomic mass is 9.94. The van der Waals surface area contributed by atoms with Gasteiger partial charge >= 0.3 is 0 Å². The molecule has 0 aliphatic carbocycles. The van der Waals surface area contributed by atoms with Crippen LogP contribution in [0.1, 0.15) is 71.3 Å². The Morgan fingerprint density at radius 2 is 1.67 bits per heavy atom. The number of allylic oxidation sites excluding steroid dienone is 1. The number of nitrogens with one attached hydrogen (secondary N) is 3. The number of hydrogen-bond donors (Lipinski definition) is 4. The minimum absolute atomic E-state index is 0.234. The van der Waals surface area contributed by atoms with Crippen molar-refractivity contribution in [2.75, 3.05) is 6.54 Å². The molecule has 46 heavy (non-hydrogen) atoms. The molecule has 5 atom stereocenters. The van der Waals surface area contributed by atoms with Crippen molar-refractivity contribution in [3.63, 3.8) is 0 Å². The van der Waals surface area contributed by atoms with Gasteiger partial charge in [-0.1, -0.05) is 74.0 Å². The van der Waals surface area contributed by atoms with Crippen molar-refractivity contribution >= 4 is 29.4 Å². The van der Waals surface area contributed by atoms with E-state index in [4.69, 9.17) is 0 Å². The van der Waals surface area contributed by atoms with Crippen LogP contribution in [0.2, 0.25) is 0 Å². The molecule has 4 rings (SSSR count). The van der Waals surface area contributed by atoms with E-state index in [2.05, 4.69) is 16.0 Å². The molecule has 0 spiro atoms. The molecule has 10 heteroatoms. The van der Waals surface area contributed by atoms with Crippen LogP contribution in [0.15, 0.2) is 66.7 Å². The average Bonchev–Trinajstić information content (AvgIpc) is 3.55. The maximum absolute atomic E-state index is 14.0. The lowest BCUT2D eigenvalue weighted by molar-refractivity contribution is -0.144. The summed E-state index contributed by atoms with van der Waals surface area (Å²) in [6, 6.07) is 15.3. The van der Waals surface area contributed by atoms with Crippen LogP contribution in [0, 0.1) is 0 Å². The standard InChI is InChI=1S/C36H46N4O6/c1-4-36(3)35(46)38-29(23-25-18-20-27(21-19-25)26-13-8-7-9-14-26)34(45)40-22-12-16-30(40)33(44)37-28(32(43)39-36)15-10-5-6-11-17-31(42)24(2)41/h7-9,11,13-14,17-21,24,28-30,41H,4-6,10,12,15-16,22-23H2,1-3H3,(H,37,44)(H,38,46)(H,39,43)/b17-11+/t24-,28+,29+,30-,36+/m1/s1.